The molecule has 1 aliphatic rings. The Morgan fingerprint density at radius 1 is 1.47 bits per heavy atom. The minimum Gasteiger partial charge on any atom is -0.381 e. The number of nitrogens with one attached hydrogen (secondary N) is 1. The summed E-state index contributed by atoms with van der Waals surface area (Å²) in [4.78, 5) is 9.10. The van der Waals surface area contributed by atoms with Gasteiger partial charge in [-0.05, 0) is 41.9 Å². The highest BCUT2D eigenvalue weighted by Crippen LogP contribution is 2.26. The van der Waals surface area contributed by atoms with Crippen molar-refractivity contribution in [1.29, 1.82) is 0 Å². The first-order valence-electron chi connectivity index (χ1n) is 6.15. The molecule has 1 aromatic heterocycles. The van der Waals surface area contributed by atoms with E-state index in [4.69, 9.17) is 4.74 Å². The Morgan fingerprint density at radius 2 is 2.24 bits per heavy atom. The third-order valence-corrected chi connectivity index (χ3v) is 3.68. The summed E-state index contributed by atoms with van der Waals surface area (Å²) in [6.45, 7) is 4.77. The first kappa shape index (κ1) is 13.0. The number of rotatable bonds is 4. The molecule has 0 unspecified atom stereocenters. The predicted molar refractivity (Wildman–Crippen MR) is 76.3 cm³/mol. The molecule has 0 atom stereocenters. The highest BCUT2D eigenvalue weighted by Gasteiger charge is 2.19. The maximum absolute atomic E-state index is 5.37. The summed E-state index contributed by atoms with van der Waals surface area (Å²) in [7, 11) is 0. The molecule has 2 heterocycles. The number of hydrogen-bond donors (Lipinski definition) is 1. The molecule has 0 radical (unpaired) electrons. The summed E-state index contributed by atoms with van der Waals surface area (Å²) in [5.41, 5.74) is 0. The van der Waals surface area contributed by atoms with Gasteiger partial charge >= 0.3 is 0 Å². The van der Waals surface area contributed by atoms with Gasteiger partial charge in [0.2, 0.25) is 0 Å². The molecule has 17 heavy (non-hydrogen) atoms. The van der Waals surface area contributed by atoms with Crippen LogP contribution in [0.5, 0.6) is 0 Å². The van der Waals surface area contributed by atoms with Crippen molar-refractivity contribution in [1.82, 2.24) is 9.97 Å². The standard InChI is InChI=1S/C12H18IN3O/c1-2-5-14-12-10(13)8-15-11(16-12)9-3-6-17-7-4-9/h8-9H,2-7H2,1H3,(H,14,15,16). The Morgan fingerprint density at radius 3 is 2.94 bits per heavy atom. The van der Waals surface area contributed by atoms with Crippen molar-refractivity contribution in [2.24, 2.45) is 0 Å². The van der Waals surface area contributed by atoms with Gasteiger partial charge in [-0.1, -0.05) is 6.92 Å². The molecule has 94 valence electrons. The van der Waals surface area contributed by atoms with E-state index in [9.17, 15) is 0 Å². The molecule has 1 aromatic rings. The quantitative estimate of drug-likeness (QED) is 0.851. The minimum absolute atomic E-state index is 0.461. The summed E-state index contributed by atoms with van der Waals surface area (Å²) in [6, 6.07) is 0. The van der Waals surface area contributed by atoms with Crippen LogP contribution in [0, 0.1) is 3.57 Å². The van der Waals surface area contributed by atoms with Crippen LogP contribution in [0.4, 0.5) is 5.82 Å². The van der Waals surface area contributed by atoms with Crippen LogP contribution >= 0.6 is 22.6 Å². The molecule has 1 N–H and O–H groups in total. The lowest BCUT2D eigenvalue weighted by atomic mass is 9.99. The van der Waals surface area contributed by atoms with Crippen LogP contribution in [0.3, 0.4) is 0 Å². The molecule has 0 bridgehead atoms. The average Bonchev–Trinajstić information content (AvgIpc) is 2.39. The van der Waals surface area contributed by atoms with Crippen LogP contribution in [0.25, 0.3) is 0 Å². The molecular weight excluding hydrogens is 329 g/mol. The largest absolute Gasteiger partial charge is 0.381 e. The lowest BCUT2D eigenvalue weighted by Gasteiger charge is -2.21. The molecule has 5 heteroatoms. The first-order chi connectivity index (χ1) is 8.31. The lowest BCUT2D eigenvalue weighted by molar-refractivity contribution is 0.0836. The number of aromatic nitrogens is 2. The average molecular weight is 347 g/mol. The van der Waals surface area contributed by atoms with Crippen LogP contribution in [-0.2, 0) is 4.74 Å². The topological polar surface area (TPSA) is 47.0 Å². The zero-order valence-electron chi connectivity index (χ0n) is 10.1. The second-order valence-corrected chi connectivity index (χ2v) is 5.40. The highest BCUT2D eigenvalue weighted by molar-refractivity contribution is 14.1. The molecule has 1 aliphatic heterocycles. The van der Waals surface area contributed by atoms with Gasteiger partial charge in [0, 0.05) is 31.9 Å². The van der Waals surface area contributed by atoms with E-state index in [1.807, 2.05) is 6.20 Å². The Kier molecular flexibility index (Phi) is 4.97. The number of hydrogen-bond acceptors (Lipinski definition) is 4. The zero-order chi connectivity index (χ0) is 12.1. The van der Waals surface area contributed by atoms with Crippen molar-refractivity contribution in [2.75, 3.05) is 25.1 Å². The van der Waals surface area contributed by atoms with Crippen molar-refractivity contribution in [3.05, 3.63) is 15.6 Å². The van der Waals surface area contributed by atoms with Crippen molar-refractivity contribution < 1.29 is 4.74 Å². The fraction of sp³-hybridized carbons (Fsp3) is 0.667. The van der Waals surface area contributed by atoms with E-state index in [0.29, 0.717) is 5.92 Å². The van der Waals surface area contributed by atoms with Crippen molar-refractivity contribution in [3.8, 4) is 0 Å². The Balaban J connectivity index is 2.11. The lowest BCUT2D eigenvalue weighted by Crippen LogP contribution is -2.17. The minimum atomic E-state index is 0.461. The van der Waals surface area contributed by atoms with Gasteiger partial charge in [-0.2, -0.15) is 0 Å². The smallest absolute Gasteiger partial charge is 0.143 e. The van der Waals surface area contributed by atoms with E-state index in [0.717, 1.165) is 54.2 Å². The Bertz CT molecular complexity index is 367. The summed E-state index contributed by atoms with van der Waals surface area (Å²) in [5.74, 6) is 2.40. The molecule has 1 fully saturated rings. The number of ether oxygens (including phenoxy) is 1. The van der Waals surface area contributed by atoms with Gasteiger partial charge in [-0.25, -0.2) is 9.97 Å². The summed E-state index contributed by atoms with van der Waals surface area (Å²) in [5, 5.41) is 3.35. The van der Waals surface area contributed by atoms with Crippen molar-refractivity contribution in [2.45, 2.75) is 32.1 Å². The molecule has 4 nitrogen and oxygen atoms in total. The van der Waals surface area contributed by atoms with Crippen LogP contribution in [0.1, 0.15) is 37.9 Å². The van der Waals surface area contributed by atoms with Gasteiger partial charge in [0.05, 0.1) is 3.57 Å². The third kappa shape index (κ3) is 3.51. The maximum atomic E-state index is 5.37. The fourth-order valence-corrected chi connectivity index (χ4v) is 2.35. The molecular formula is C12H18IN3O. The molecule has 0 aromatic carbocycles. The van der Waals surface area contributed by atoms with Crippen LogP contribution in [0.15, 0.2) is 6.20 Å². The van der Waals surface area contributed by atoms with Gasteiger partial charge in [0.25, 0.3) is 0 Å². The number of nitrogens with zero attached hydrogens (tertiary/aromatic N) is 2. The first-order valence-corrected chi connectivity index (χ1v) is 7.23. The summed E-state index contributed by atoms with van der Waals surface area (Å²) in [6.07, 6.45) is 5.09. The van der Waals surface area contributed by atoms with E-state index >= 15 is 0 Å². The van der Waals surface area contributed by atoms with E-state index < -0.39 is 0 Å². The second-order valence-electron chi connectivity index (χ2n) is 4.24. The summed E-state index contributed by atoms with van der Waals surface area (Å²) < 4.78 is 6.46. The van der Waals surface area contributed by atoms with E-state index in [2.05, 4.69) is 44.8 Å². The molecule has 0 amide bonds. The van der Waals surface area contributed by atoms with Crippen LogP contribution < -0.4 is 5.32 Å². The van der Waals surface area contributed by atoms with E-state index in [1.165, 1.54) is 0 Å². The number of anilines is 1. The fourth-order valence-electron chi connectivity index (χ4n) is 1.90. The Hall–Kier alpha value is -0.430. The Labute approximate surface area is 116 Å². The molecule has 0 saturated carbocycles. The third-order valence-electron chi connectivity index (χ3n) is 2.89. The van der Waals surface area contributed by atoms with E-state index in [1.54, 1.807) is 0 Å². The monoisotopic (exact) mass is 347 g/mol. The van der Waals surface area contributed by atoms with Gasteiger partial charge in [0.1, 0.15) is 11.6 Å². The number of halogens is 1. The molecule has 0 aliphatic carbocycles. The van der Waals surface area contributed by atoms with Crippen molar-refractivity contribution in [3.63, 3.8) is 0 Å². The maximum Gasteiger partial charge on any atom is 0.143 e. The predicted octanol–water partition coefficient (Wildman–Crippen LogP) is 2.80. The van der Waals surface area contributed by atoms with Crippen LogP contribution in [-0.4, -0.2) is 29.7 Å². The molecule has 0 spiro atoms. The van der Waals surface area contributed by atoms with Crippen molar-refractivity contribution >= 4 is 28.4 Å². The SMILES string of the molecule is CCCNc1nc(C2CCOCC2)ncc1I. The molecule has 1 saturated heterocycles. The normalized spacial score (nSPS) is 17.1. The molecule has 2 rings (SSSR count). The van der Waals surface area contributed by atoms with Gasteiger partial charge < -0.3 is 10.1 Å². The van der Waals surface area contributed by atoms with E-state index in [-0.39, 0.29) is 0 Å². The van der Waals surface area contributed by atoms with Crippen LogP contribution in [0.2, 0.25) is 0 Å². The highest BCUT2D eigenvalue weighted by atomic mass is 127. The van der Waals surface area contributed by atoms with Gasteiger partial charge in [-0.3, -0.25) is 0 Å². The second kappa shape index (κ2) is 6.49. The zero-order valence-corrected chi connectivity index (χ0v) is 12.2. The van der Waals surface area contributed by atoms with Gasteiger partial charge in [0.15, 0.2) is 0 Å². The van der Waals surface area contributed by atoms with Gasteiger partial charge in [-0.15, -0.1) is 0 Å². The summed E-state index contributed by atoms with van der Waals surface area (Å²) >= 11 is 2.28.